The zero-order valence-electron chi connectivity index (χ0n) is 16.6. The number of aromatic hydroxyl groups is 1. The van der Waals surface area contributed by atoms with Crippen molar-refractivity contribution in [2.24, 2.45) is 4.99 Å². The normalized spacial score (nSPS) is 11.3. The van der Waals surface area contributed by atoms with Crippen LogP contribution in [-0.4, -0.2) is 66.2 Å². The Hall–Kier alpha value is -2.65. The first-order valence-corrected chi connectivity index (χ1v) is 9.40. The molecule has 0 spiro atoms. The van der Waals surface area contributed by atoms with Gasteiger partial charge in [0.2, 0.25) is 5.88 Å². The molecule has 9 heteroatoms. The highest BCUT2D eigenvalue weighted by Crippen LogP contribution is 2.30. The van der Waals surface area contributed by atoms with Crippen LogP contribution < -0.4 is 15.0 Å². The van der Waals surface area contributed by atoms with E-state index in [2.05, 4.69) is 28.7 Å². The maximum absolute atomic E-state index is 12.3. The van der Waals surface area contributed by atoms with Crippen molar-refractivity contribution in [3.05, 3.63) is 38.9 Å². The Balaban J connectivity index is 2.48. The van der Waals surface area contributed by atoms with Gasteiger partial charge in [-0.05, 0) is 37.4 Å². The molecule has 0 amide bonds. The van der Waals surface area contributed by atoms with Crippen LogP contribution >= 0.6 is 12.2 Å². The quantitative estimate of drug-likeness (QED) is 0.491. The largest absolute Gasteiger partial charge is 0.497 e. The van der Waals surface area contributed by atoms with Crippen LogP contribution in [0.2, 0.25) is 0 Å². The predicted octanol–water partition coefficient (Wildman–Crippen LogP) is 2.38. The number of hydrogen-bond acceptors (Lipinski definition) is 7. The maximum Gasteiger partial charge on any atom is 0.264 e. The number of aliphatic imine (C=N–C) groups is 1. The van der Waals surface area contributed by atoms with Gasteiger partial charge in [0.15, 0.2) is 4.77 Å². The van der Waals surface area contributed by atoms with Gasteiger partial charge in [-0.3, -0.25) is 19.3 Å². The minimum Gasteiger partial charge on any atom is -0.497 e. The van der Waals surface area contributed by atoms with E-state index in [1.807, 2.05) is 0 Å². The van der Waals surface area contributed by atoms with E-state index in [9.17, 15) is 9.90 Å². The molecule has 0 unspecified atom stereocenters. The third kappa shape index (κ3) is 4.79. The second-order valence-electron chi connectivity index (χ2n) is 5.93. The van der Waals surface area contributed by atoms with Gasteiger partial charge in [0, 0.05) is 18.8 Å². The SMILES string of the molecule is CCN(CC)CCN=Cc1c(O)n(-c2cc(OC)ccc2OC)c(=S)[nH]c1=O. The highest BCUT2D eigenvalue weighted by Gasteiger charge is 2.16. The van der Waals surface area contributed by atoms with E-state index < -0.39 is 5.56 Å². The van der Waals surface area contributed by atoms with Crippen molar-refractivity contribution in [3.8, 4) is 23.1 Å². The second kappa shape index (κ2) is 10.0. The highest BCUT2D eigenvalue weighted by molar-refractivity contribution is 7.71. The second-order valence-corrected chi connectivity index (χ2v) is 6.32. The van der Waals surface area contributed by atoms with Crippen LogP contribution in [0, 0.1) is 4.77 Å². The molecule has 28 heavy (non-hydrogen) atoms. The van der Waals surface area contributed by atoms with E-state index in [4.69, 9.17) is 21.7 Å². The maximum atomic E-state index is 12.3. The molecule has 1 aromatic heterocycles. The van der Waals surface area contributed by atoms with Crippen molar-refractivity contribution in [1.82, 2.24) is 14.5 Å². The minimum atomic E-state index is -0.507. The van der Waals surface area contributed by atoms with Crippen molar-refractivity contribution in [2.45, 2.75) is 13.8 Å². The molecule has 1 aromatic carbocycles. The van der Waals surface area contributed by atoms with E-state index in [0.717, 1.165) is 19.6 Å². The minimum absolute atomic E-state index is 0.0259. The van der Waals surface area contributed by atoms with Gasteiger partial charge < -0.3 is 19.5 Å². The summed E-state index contributed by atoms with van der Waals surface area (Å²) in [6.45, 7) is 7.30. The molecule has 1 heterocycles. The summed E-state index contributed by atoms with van der Waals surface area (Å²) in [6, 6.07) is 5.08. The molecule has 0 aliphatic carbocycles. The van der Waals surface area contributed by atoms with Crippen molar-refractivity contribution >= 4 is 18.4 Å². The first-order valence-electron chi connectivity index (χ1n) is 8.99. The molecule has 0 aliphatic heterocycles. The van der Waals surface area contributed by atoms with Crippen LogP contribution in [0.5, 0.6) is 17.4 Å². The summed E-state index contributed by atoms with van der Waals surface area (Å²) in [7, 11) is 3.04. The number of benzene rings is 1. The third-order valence-corrected chi connectivity index (χ3v) is 4.69. The smallest absolute Gasteiger partial charge is 0.264 e. The fourth-order valence-electron chi connectivity index (χ4n) is 2.74. The summed E-state index contributed by atoms with van der Waals surface area (Å²) >= 11 is 5.26. The number of rotatable bonds is 9. The average Bonchev–Trinajstić information content (AvgIpc) is 2.69. The monoisotopic (exact) mass is 406 g/mol. The zero-order chi connectivity index (χ0) is 20.7. The molecule has 0 saturated heterocycles. The number of nitrogens with zero attached hydrogens (tertiary/aromatic N) is 3. The summed E-state index contributed by atoms with van der Waals surface area (Å²) in [5.74, 6) is 0.702. The molecule has 8 nitrogen and oxygen atoms in total. The molecule has 0 aliphatic rings. The van der Waals surface area contributed by atoms with Gasteiger partial charge >= 0.3 is 0 Å². The molecule has 0 bridgehead atoms. The van der Waals surface area contributed by atoms with Crippen LogP contribution in [0.15, 0.2) is 28.0 Å². The molecule has 0 fully saturated rings. The Labute approximate surface area is 169 Å². The lowest BCUT2D eigenvalue weighted by Crippen LogP contribution is -2.25. The predicted molar refractivity (Wildman–Crippen MR) is 112 cm³/mol. The summed E-state index contributed by atoms with van der Waals surface area (Å²) < 4.78 is 12.0. The van der Waals surface area contributed by atoms with Crippen LogP contribution in [-0.2, 0) is 0 Å². The van der Waals surface area contributed by atoms with Crippen LogP contribution in [0.1, 0.15) is 19.4 Å². The number of ether oxygens (including phenoxy) is 2. The van der Waals surface area contributed by atoms with Crippen LogP contribution in [0.25, 0.3) is 5.69 Å². The van der Waals surface area contributed by atoms with E-state index >= 15 is 0 Å². The molecule has 0 radical (unpaired) electrons. The van der Waals surface area contributed by atoms with Crippen LogP contribution in [0.3, 0.4) is 0 Å². The number of aromatic amines is 1. The van der Waals surface area contributed by atoms with Gasteiger partial charge in [0.25, 0.3) is 5.56 Å². The van der Waals surface area contributed by atoms with Gasteiger partial charge in [-0.15, -0.1) is 0 Å². The van der Waals surface area contributed by atoms with Crippen molar-refractivity contribution in [2.75, 3.05) is 40.4 Å². The molecule has 0 saturated carbocycles. The Morgan fingerprint density at radius 3 is 2.61 bits per heavy atom. The molecular formula is C19H26N4O4S. The Kier molecular flexibility index (Phi) is 7.77. The molecular weight excluding hydrogens is 380 g/mol. The van der Waals surface area contributed by atoms with Gasteiger partial charge in [-0.1, -0.05) is 13.8 Å². The van der Waals surface area contributed by atoms with Gasteiger partial charge in [0.1, 0.15) is 17.1 Å². The number of nitrogens with one attached hydrogen (secondary N) is 1. The third-order valence-electron chi connectivity index (χ3n) is 4.41. The topological polar surface area (TPSA) is 92.1 Å². The van der Waals surface area contributed by atoms with E-state index in [0.29, 0.717) is 23.7 Å². The Bertz CT molecular complexity index is 948. The summed E-state index contributed by atoms with van der Waals surface area (Å²) in [5.41, 5.74) is -0.0383. The standard InChI is InChI=1S/C19H26N4O4S/c1-5-22(6-2)10-9-20-12-14-17(24)21-19(28)23(18(14)25)15-11-13(26-3)7-8-16(15)27-4/h7-8,11-12,25H,5-6,9-10H2,1-4H3,(H,21,24,28). The van der Waals surface area contributed by atoms with E-state index in [1.165, 1.54) is 25.0 Å². The number of likely N-dealkylation sites (N-methyl/N-ethyl adjacent to an activating group) is 1. The fraction of sp³-hybridized carbons (Fsp3) is 0.421. The summed E-state index contributed by atoms with van der Waals surface area (Å²) in [6.07, 6.45) is 1.37. The first kappa shape index (κ1) is 21.6. The summed E-state index contributed by atoms with van der Waals surface area (Å²) in [4.78, 5) is 21.4. The van der Waals surface area contributed by atoms with E-state index in [1.54, 1.807) is 18.2 Å². The average molecular weight is 407 g/mol. The Morgan fingerprint density at radius 2 is 2.00 bits per heavy atom. The van der Waals surface area contributed by atoms with Crippen molar-refractivity contribution in [3.63, 3.8) is 0 Å². The van der Waals surface area contributed by atoms with E-state index in [-0.39, 0.29) is 16.2 Å². The lowest BCUT2D eigenvalue weighted by molar-refractivity contribution is 0.313. The number of methoxy groups -OCH3 is 2. The molecule has 0 atom stereocenters. The summed E-state index contributed by atoms with van der Waals surface area (Å²) in [5, 5.41) is 10.8. The number of hydrogen-bond donors (Lipinski definition) is 2. The van der Waals surface area contributed by atoms with Gasteiger partial charge in [-0.25, -0.2) is 0 Å². The van der Waals surface area contributed by atoms with Crippen molar-refractivity contribution < 1.29 is 14.6 Å². The lowest BCUT2D eigenvalue weighted by Gasteiger charge is -2.16. The van der Waals surface area contributed by atoms with Crippen molar-refractivity contribution in [1.29, 1.82) is 0 Å². The zero-order valence-corrected chi connectivity index (χ0v) is 17.4. The lowest BCUT2D eigenvalue weighted by atomic mass is 10.2. The number of aromatic nitrogens is 2. The van der Waals surface area contributed by atoms with Gasteiger partial charge in [0.05, 0.1) is 26.5 Å². The Morgan fingerprint density at radius 1 is 1.29 bits per heavy atom. The van der Waals surface area contributed by atoms with Gasteiger partial charge in [-0.2, -0.15) is 0 Å². The molecule has 2 N–H and O–H groups in total. The first-order chi connectivity index (χ1) is 13.5. The molecule has 152 valence electrons. The fourth-order valence-corrected chi connectivity index (χ4v) is 3.02. The molecule has 2 rings (SSSR count). The van der Waals surface area contributed by atoms with Crippen LogP contribution in [0.4, 0.5) is 0 Å². The molecule has 2 aromatic rings. The number of H-pyrrole nitrogens is 1. The highest BCUT2D eigenvalue weighted by atomic mass is 32.1.